The van der Waals surface area contributed by atoms with Crippen LogP contribution in [0.3, 0.4) is 0 Å². The first kappa shape index (κ1) is 30.8. The van der Waals surface area contributed by atoms with Crippen LogP contribution in [0.25, 0.3) is 10.9 Å². The lowest BCUT2D eigenvalue weighted by Gasteiger charge is -2.33. The molecular weight excluding hydrogens is 544 g/mol. The first-order chi connectivity index (χ1) is 19.6. The van der Waals surface area contributed by atoms with Crippen LogP contribution in [0, 0.1) is 17.8 Å². The van der Waals surface area contributed by atoms with Crippen LogP contribution in [-0.2, 0) is 19.0 Å². The maximum atomic E-state index is 13.4. The van der Waals surface area contributed by atoms with Crippen molar-refractivity contribution in [2.24, 2.45) is 17.8 Å². The Labute approximate surface area is 243 Å². The quantitative estimate of drug-likeness (QED) is 0.289. The number of allylic oxidation sites excluding steroid dienone is 1. The Morgan fingerprint density at radius 2 is 1.63 bits per heavy atom. The molecule has 224 valence electrons. The fraction of sp³-hybridized carbons (Fsp3) is 0.567. The van der Waals surface area contributed by atoms with Gasteiger partial charge >= 0.3 is 6.09 Å². The van der Waals surface area contributed by atoms with Crippen LogP contribution in [0.5, 0.6) is 0 Å². The summed E-state index contributed by atoms with van der Waals surface area (Å²) in [7, 11) is -3.41. The van der Waals surface area contributed by atoms with E-state index in [2.05, 4.69) is 22.1 Å². The van der Waals surface area contributed by atoms with Crippen LogP contribution in [0.4, 0.5) is 10.6 Å². The van der Waals surface area contributed by atoms with Crippen molar-refractivity contribution in [3.63, 3.8) is 0 Å². The van der Waals surface area contributed by atoms with Crippen LogP contribution in [0.2, 0.25) is 0 Å². The van der Waals surface area contributed by atoms with Crippen molar-refractivity contribution in [3.05, 3.63) is 48.2 Å². The topological polar surface area (TPSA) is 127 Å². The Hall–Kier alpha value is -3.18. The van der Waals surface area contributed by atoms with E-state index in [1.54, 1.807) is 6.92 Å². The molecule has 2 heterocycles. The number of nitrogens with zero attached hydrogens (tertiary/aromatic N) is 2. The molecule has 2 amide bonds. The third-order valence-electron chi connectivity index (χ3n) is 8.03. The number of fused-ring (bicyclic) bond motifs is 1. The molecule has 1 aliphatic carbocycles. The van der Waals surface area contributed by atoms with Gasteiger partial charge in [0.2, 0.25) is 0 Å². The van der Waals surface area contributed by atoms with E-state index >= 15 is 0 Å². The number of amides is 2. The van der Waals surface area contributed by atoms with E-state index in [-0.39, 0.29) is 12.5 Å². The number of piperidine rings is 1. The van der Waals surface area contributed by atoms with Gasteiger partial charge in [-0.3, -0.25) is 8.98 Å². The molecule has 2 aromatic rings. The lowest BCUT2D eigenvalue weighted by molar-refractivity contribution is 0.0942. The monoisotopic (exact) mass is 586 g/mol. The molecule has 2 aliphatic rings. The second-order valence-corrected chi connectivity index (χ2v) is 13.0. The van der Waals surface area contributed by atoms with Crippen LogP contribution in [0.15, 0.2) is 42.7 Å². The standard InChI is InChI=1S/C30H42N4O6S/c1-21(2)40-30(36)32-20-24-10-8-23(9-11-24)19-31-29(35)26-18-28(33-27-7-5-4-6-25(26)27)34-15-12-22(13-16-34)14-17-39-41(3,37)38/h4-7,18,22-24H,1,8-17,19-20H2,2-3H3,(H,31,35)(H,32,36). The number of pyridine rings is 1. The summed E-state index contributed by atoms with van der Waals surface area (Å²) in [6, 6.07) is 9.63. The molecule has 1 aromatic carbocycles. The minimum atomic E-state index is -3.41. The highest BCUT2D eigenvalue weighted by atomic mass is 32.2. The molecule has 2 N–H and O–H groups in total. The number of rotatable bonds is 11. The summed E-state index contributed by atoms with van der Waals surface area (Å²) in [6.07, 6.45) is 7.13. The van der Waals surface area contributed by atoms with E-state index in [1.165, 1.54) is 0 Å². The number of nitrogens with one attached hydrogen (secondary N) is 2. The molecule has 4 rings (SSSR count). The van der Waals surface area contributed by atoms with Gasteiger partial charge in [-0.25, -0.2) is 9.78 Å². The highest BCUT2D eigenvalue weighted by molar-refractivity contribution is 7.85. The molecule has 0 unspecified atom stereocenters. The molecule has 0 atom stereocenters. The number of alkyl carbamates (subject to hydrolysis) is 1. The average Bonchev–Trinajstić information content (AvgIpc) is 2.94. The van der Waals surface area contributed by atoms with E-state index in [0.717, 1.165) is 74.6 Å². The minimum Gasteiger partial charge on any atom is -0.416 e. The van der Waals surface area contributed by atoms with E-state index < -0.39 is 16.2 Å². The van der Waals surface area contributed by atoms with Crippen molar-refractivity contribution in [2.75, 3.05) is 43.9 Å². The smallest absolute Gasteiger partial charge is 0.412 e. The van der Waals surface area contributed by atoms with Gasteiger partial charge in [0.15, 0.2) is 0 Å². The largest absolute Gasteiger partial charge is 0.416 e. The number of hydrogen-bond acceptors (Lipinski definition) is 8. The molecule has 0 bridgehead atoms. The molecule has 2 fully saturated rings. The number of carbonyl (C=O) groups is 2. The summed E-state index contributed by atoms with van der Waals surface area (Å²) in [5, 5.41) is 6.81. The number of anilines is 1. The Morgan fingerprint density at radius 3 is 2.27 bits per heavy atom. The number of benzene rings is 1. The van der Waals surface area contributed by atoms with Gasteiger partial charge in [-0.2, -0.15) is 8.42 Å². The Bertz CT molecular complexity index is 1330. The molecule has 0 spiro atoms. The zero-order chi connectivity index (χ0) is 29.4. The SMILES string of the molecule is C=C(C)OC(=O)NCC1CCC(CNC(=O)c2cc(N3CCC(CCOS(C)(=O)=O)CC3)nc3ccccc23)CC1. The van der Waals surface area contributed by atoms with E-state index in [1.807, 2.05) is 30.3 Å². The van der Waals surface area contributed by atoms with Gasteiger partial charge in [-0.05, 0) is 81.8 Å². The third-order valence-corrected chi connectivity index (χ3v) is 8.62. The number of ether oxygens (including phenoxy) is 1. The molecule has 10 nitrogen and oxygen atoms in total. The summed E-state index contributed by atoms with van der Waals surface area (Å²) in [5.41, 5.74) is 1.42. The number of para-hydroxylation sites is 1. The fourth-order valence-corrected chi connectivity index (χ4v) is 6.12. The predicted octanol–water partition coefficient (Wildman–Crippen LogP) is 4.61. The van der Waals surface area contributed by atoms with Gasteiger partial charge in [0.1, 0.15) is 5.82 Å². The maximum absolute atomic E-state index is 13.4. The van der Waals surface area contributed by atoms with E-state index in [4.69, 9.17) is 13.9 Å². The Balaban J connectivity index is 1.30. The van der Waals surface area contributed by atoms with Crippen LogP contribution in [-0.4, -0.2) is 64.4 Å². The normalized spacial score (nSPS) is 20.0. The Morgan fingerprint density at radius 1 is 1.00 bits per heavy atom. The summed E-state index contributed by atoms with van der Waals surface area (Å²) >= 11 is 0. The summed E-state index contributed by atoms with van der Waals surface area (Å²) in [4.78, 5) is 32.2. The van der Waals surface area contributed by atoms with Gasteiger partial charge in [0.05, 0.1) is 29.7 Å². The molecule has 41 heavy (non-hydrogen) atoms. The average molecular weight is 587 g/mol. The van der Waals surface area contributed by atoms with Gasteiger partial charge < -0.3 is 20.3 Å². The minimum absolute atomic E-state index is 0.0935. The zero-order valence-corrected chi connectivity index (χ0v) is 24.9. The zero-order valence-electron chi connectivity index (χ0n) is 24.1. The van der Waals surface area contributed by atoms with Gasteiger partial charge in [-0.1, -0.05) is 24.8 Å². The second kappa shape index (κ2) is 14.1. The van der Waals surface area contributed by atoms with Crippen molar-refractivity contribution in [3.8, 4) is 0 Å². The van der Waals surface area contributed by atoms with Crippen LogP contribution in [0.1, 0.15) is 62.2 Å². The van der Waals surface area contributed by atoms with Crippen molar-refractivity contribution in [1.82, 2.24) is 15.6 Å². The lowest BCUT2D eigenvalue weighted by Crippen LogP contribution is -2.36. The summed E-state index contributed by atoms with van der Waals surface area (Å²) in [6.45, 7) is 8.21. The number of carbonyl (C=O) groups excluding carboxylic acids is 2. The van der Waals surface area contributed by atoms with Crippen molar-refractivity contribution in [2.45, 2.75) is 51.9 Å². The van der Waals surface area contributed by atoms with Crippen LogP contribution < -0.4 is 15.5 Å². The van der Waals surface area contributed by atoms with E-state index in [9.17, 15) is 18.0 Å². The number of hydrogen-bond donors (Lipinski definition) is 2. The highest BCUT2D eigenvalue weighted by Gasteiger charge is 2.25. The molecule has 1 saturated heterocycles. The fourth-order valence-electron chi connectivity index (χ4n) is 5.72. The number of aromatic nitrogens is 1. The lowest BCUT2D eigenvalue weighted by atomic mass is 9.82. The molecule has 0 radical (unpaired) electrons. The second-order valence-electron chi connectivity index (χ2n) is 11.4. The third kappa shape index (κ3) is 9.43. The molecule has 11 heteroatoms. The van der Waals surface area contributed by atoms with Gasteiger partial charge in [0, 0.05) is 31.6 Å². The predicted molar refractivity (Wildman–Crippen MR) is 159 cm³/mol. The molecule has 1 aliphatic heterocycles. The molecule has 1 saturated carbocycles. The Kier molecular flexibility index (Phi) is 10.6. The van der Waals surface area contributed by atoms with Gasteiger partial charge in [-0.15, -0.1) is 0 Å². The summed E-state index contributed by atoms with van der Waals surface area (Å²) < 4.78 is 32.3. The van der Waals surface area contributed by atoms with Crippen molar-refractivity contribution in [1.29, 1.82) is 0 Å². The first-order valence-electron chi connectivity index (χ1n) is 14.5. The van der Waals surface area contributed by atoms with E-state index in [0.29, 0.717) is 48.6 Å². The highest BCUT2D eigenvalue weighted by Crippen LogP contribution is 2.30. The molecule has 1 aromatic heterocycles. The van der Waals surface area contributed by atoms with Crippen LogP contribution >= 0.6 is 0 Å². The maximum Gasteiger partial charge on any atom is 0.412 e. The first-order valence-corrected chi connectivity index (χ1v) is 16.3. The van der Waals surface area contributed by atoms with Crippen molar-refractivity contribution < 1.29 is 26.9 Å². The molecular formula is C30H42N4O6S. The van der Waals surface area contributed by atoms with Gasteiger partial charge in [0.25, 0.3) is 16.0 Å². The summed E-state index contributed by atoms with van der Waals surface area (Å²) in [5.74, 6) is 2.27. The van der Waals surface area contributed by atoms with Crippen molar-refractivity contribution >= 4 is 38.8 Å².